The Morgan fingerprint density at radius 2 is 2.00 bits per heavy atom. The summed E-state index contributed by atoms with van der Waals surface area (Å²) < 4.78 is 70.1. The van der Waals surface area contributed by atoms with E-state index in [2.05, 4.69) is 0 Å². The smallest absolute Gasteiger partial charge is 0.281 e. The molecule has 10 heteroatoms. The van der Waals surface area contributed by atoms with Crippen LogP contribution in [0.1, 0.15) is 22.8 Å². The summed E-state index contributed by atoms with van der Waals surface area (Å²) in [5.41, 5.74) is -0.855. The molecule has 3 rings (SSSR count). The first kappa shape index (κ1) is 18.2. The third-order valence-corrected chi connectivity index (χ3v) is 4.86. The molecule has 0 spiro atoms. The van der Waals surface area contributed by atoms with E-state index in [9.17, 15) is 26.7 Å². The van der Waals surface area contributed by atoms with E-state index in [1.807, 2.05) is 0 Å². The summed E-state index contributed by atoms with van der Waals surface area (Å²) in [6.07, 6.45) is -3.36. The van der Waals surface area contributed by atoms with Crippen molar-refractivity contribution >= 4 is 10.0 Å². The van der Waals surface area contributed by atoms with Crippen molar-refractivity contribution in [1.82, 2.24) is 0 Å². The molecule has 2 aromatic carbocycles. The molecule has 1 aliphatic carbocycles. The maximum absolute atomic E-state index is 14.0. The van der Waals surface area contributed by atoms with Gasteiger partial charge < -0.3 is 9.84 Å². The zero-order valence-electron chi connectivity index (χ0n) is 12.9. The molecule has 136 valence electrons. The number of nitriles is 1. The fourth-order valence-corrected chi connectivity index (χ4v) is 3.60. The summed E-state index contributed by atoms with van der Waals surface area (Å²) in [5, 5.41) is 23.7. The largest absolute Gasteiger partial charge is 0.457 e. The minimum atomic E-state index is -4.37. The highest BCUT2D eigenvalue weighted by Gasteiger charge is 2.50. The van der Waals surface area contributed by atoms with Crippen LogP contribution in [0.4, 0.5) is 13.2 Å². The predicted octanol–water partition coefficient (Wildman–Crippen LogP) is 2.36. The predicted molar refractivity (Wildman–Crippen MR) is 82.6 cm³/mol. The fourth-order valence-electron chi connectivity index (χ4n) is 2.81. The first-order valence-corrected chi connectivity index (χ1v) is 8.70. The van der Waals surface area contributed by atoms with E-state index in [4.69, 9.17) is 15.1 Å². The van der Waals surface area contributed by atoms with Crippen molar-refractivity contribution in [2.75, 3.05) is 0 Å². The van der Waals surface area contributed by atoms with E-state index >= 15 is 0 Å². The molecular formula is C16H11F3N2O4S. The molecule has 0 radical (unpaired) electrons. The van der Waals surface area contributed by atoms with Crippen molar-refractivity contribution in [3.8, 4) is 17.6 Å². The molecule has 26 heavy (non-hydrogen) atoms. The Morgan fingerprint density at radius 1 is 1.31 bits per heavy atom. The Kier molecular flexibility index (Phi) is 4.18. The lowest BCUT2D eigenvalue weighted by Gasteiger charge is -2.15. The van der Waals surface area contributed by atoms with Gasteiger partial charge in [-0.15, -0.1) is 0 Å². The summed E-state index contributed by atoms with van der Waals surface area (Å²) in [6.45, 7) is 0. The van der Waals surface area contributed by atoms with E-state index in [1.165, 1.54) is 6.07 Å². The number of aliphatic hydroxyl groups excluding tert-OH is 1. The molecule has 0 heterocycles. The second kappa shape index (κ2) is 5.98. The number of primary sulfonamides is 1. The molecular weight excluding hydrogens is 373 g/mol. The molecule has 2 aromatic rings. The lowest BCUT2D eigenvalue weighted by molar-refractivity contribution is -0.0976. The Hall–Kier alpha value is -2.61. The van der Waals surface area contributed by atoms with Crippen molar-refractivity contribution in [1.29, 1.82) is 5.26 Å². The topological polar surface area (TPSA) is 113 Å². The van der Waals surface area contributed by atoms with E-state index in [-0.39, 0.29) is 22.6 Å². The maximum Gasteiger partial charge on any atom is 0.281 e. The minimum absolute atomic E-state index is 0.0526. The van der Waals surface area contributed by atoms with Gasteiger partial charge in [0.25, 0.3) is 5.92 Å². The molecule has 0 aromatic heterocycles. The maximum atomic E-state index is 14.0. The van der Waals surface area contributed by atoms with Crippen molar-refractivity contribution in [3.05, 3.63) is 52.8 Å². The third-order valence-electron chi connectivity index (χ3n) is 3.89. The molecule has 0 saturated heterocycles. The Balaban J connectivity index is 2.15. The normalized spacial score (nSPS) is 18.2. The highest BCUT2D eigenvalue weighted by atomic mass is 32.2. The van der Waals surface area contributed by atoms with Gasteiger partial charge in [-0.25, -0.2) is 26.7 Å². The number of sulfonamides is 1. The average Bonchev–Trinajstić information content (AvgIpc) is 2.77. The average molecular weight is 384 g/mol. The molecule has 3 N–H and O–H groups in total. The second-order valence-electron chi connectivity index (χ2n) is 5.73. The number of hydrogen-bond acceptors (Lipinski definition) is 5. The Bertz CT molecular complexity index is 1050. The minimum Gasteiger partial charge on any atom is -0.457 e. The summed E-state index contributed by atoms with van der Waals surface area (Å²) in [5.74, 6) is -4.74. The van der Waals surface area contributed by atoms with Crippen LogP contribution in [-0.2, 0) is 16.4 Å². The number of ether oxygens (including phenoxy) is 1. The molecule has 0 fully saturated rings. The molecule has 0 unspecified atom stereocenters. The highest BCUT2D eigenvalue weighted by molar-refractivity contribution is 7.89. The number of aliphatic hydroxyl groups is 1. The SMILES string of the molecule is N#Cc1cc(F)cc(Oc2ccc(S(N)(=O)=O)c3c2CC(F)(F)[C@H]3O)c1. The van der Waals surface area contributed by atoms with Gasteiger partial charge in [0, 0.05) is 23.6 Å². The molecule has 1 atom stereocenters. The zero-order valence-corrected chi connectivity index (χ0v) is 13.7. The molecule has 1 aliphatic rings. The van der Waals surface area contributed by atoms with E-state index in [0.29, 0.717) is 0 Å². The molecule has 0 aliphatic heterocycles. The van der Waals surface area contributed by atoms with Gasteiger partial charge in [-0.1, -0.05) is 0 Å². The van der Waals surface area contributed by atoms with Crippen molar-refractivity contribution in [3.63, 3.8) is 0 Å². The number of nitrogens with two attached hydrogens (primary N) is 1. The first-order valence-electron chi connectivity index (χ1n) is 7.16. The van der Waals surface area contributed by atoms with Crippen LogP contribution in [0, 0.1) is 17.1 Å². The zero-order chi connectivity index (χ0) is 19.3. The molecule has 0 bridgehead atoms. The summed E-state index contributed by atoms with van der Waals surface area (Å²) in [4.78, 5) is -0.638. The van der Waals surface area contributed by atoms with Gasteiger partial charge in [0.05, 0.1) is 16.5 Å². The van der Waals surface area contributed by atoms with Crippen LogP contribution in [0.2, 0.25) is 0 Å². The molecule has 6 nitrogen and oxygen atoms in total. The summed E-state index contributed by atoms with van der Waals surface area (Å²) in [7, 11) is -4.37. The first-order chi connectivity index (χ1) is 12.0. The Morgan fingerprint density at radius 3 is 2.62 bits per heavy atom. The Labute approximate surface area is 146 Å². The monoisotopic (exact) mass is 384 g/mol. The van der Waals surface area contributed by atoms with E-state index < -0.39 is 44.7 Å². The van der Waals surface area contributed by atoms with Crippen LogP contribution in [0.5, 0.6) is 11.5 Å². The van der Waals surface area contributed by atoms with Crippen molar-refractivity contribution in [2.45, 2.75) is 23.3 Å². The van der Waals surface area contributed by atoms with Gasteiger partial charge in [-0.05, 0) is 24.3 Å². The number of rotatable bonds is 3. The van der Waals surface area contributed by atoms with E-state index in [1.54, 1.807) is 6.07 Å². The van der Waals surface area contributed by atoms with Gasteiger partial charge in [-0.3, -0.25) is 0 Å². The van der Waals surface area contributed by atoms with E-state index in [0.717, 1.165) is 24.3 Å². The number of hydrogen-bond donors (Lipinski definition) is 2. The number of benzene rings is 2. The van der Waals surface area contributed by atoms with Gasteiger partial charge >= 0.3 is 0 Å². The second-order valence-corrected chi connectivity index (χ2v) is 7.26. The summed E-state index contributed by atoms with van der Waals surface area (Å²) >= 11 is 0. The number of fused-ring (bicyclic) bond motifs is 1. The van der Waals surface area contributed by atoms with Crippen LogP contribution >= 0.6 is 0 Å². The quantitative estimate of drug-likeness (QED) is 0.843. The molecule has 0 amide bonds. The fraction of sp³-hybridized carbons (Fsp3) is 0.188. The van der Waals surface area contributed by atoms with Crippen molar-refractivity contribution < 1.29 is 31.4 Å². The van der Waals surface area contributed by atoms with Gasteiger partial charge in [0.1, 0.15) is 23.4 Å². The standard InChI is InChI=1S/C16H11F3N2O4S/c17-9-3-8(7-20)4-10(5-9)25-12-1-2-13(26(21,23)24)14-11(12)6-16(18,19)15(14)22/h1-5,15,22H,6H2,(H2,21,23,24)/t15-/m0/s1. The van der Waals surface area contributed by atoms with Gasteiger partial charge in [0.2, 0.25) is 10.0 Å². The van der Waals surface area contributed by atoms with Crippen LogP contribution in [-0.4, -0.2) is 19.4 Å². The number of alkyl halides is 2. The van der Waals surface area contributed by atoms with Gasteiger partial charge in [0.15, 0.2) is 0 Å². The van der Waals surface area contributed by atoms with Crippen LogP contribution in [0.25, 0.3) is 0 Å². The third kappa shape index (κ3) is 3.12. The van der Waals surface area contributed by atoms with Crippen LogP contribution in [0.15, 0.2) is 35.2 Å². The molecule has 0 saturated carbocycles. The van der Waals surface area contributed by atoms with Crippen LogP contribution in [0.3, 0.4) is 0 Å². The lowest BCUT2D eigenvalue weighted by atomic mass is 10.1. The van der Waals surface area contributed by atoms with Crippen molar-refractivity contribution in [2.24, 2.45) is 5.14 Å². The number of halogens is 3. The van der Waals surface area contributed by atoms with Gasteiger partial charge in [-0.2, -0.15) is 5.26 Å². The highest BCUT2D eigenvalue weighted by Crippen LogP contribution is 2.49. The van der Waals surface area contributed by atoms with Crippen LogP contribution < -0.4 is 9.88 Å². The number of nitrogens with zero attached hydrogens (tertiary/aromatic N) is 1. The lowest BCUT2D eigenvalue weighted by Crippen LogP contribution is -2.23. The summed E-state index contributed by atoms with van der Waals surface area (Å²) in [6, 6.07) is 6.82.